The molecule has 0 saturated carbocycles. The van der Waals surface area contributed by atoms with Crippen molar-refractivity contribution in [2.45, 2.75) is 13.3 Å². The van der Waals surface area contributed by atoms with Gasteiger partial charge in [-0.15, -0.1) is 0 Å². The Labute approximate surface area is 125 Å². The molecule has 0 atom stereocenters. The Hall–Kier alpha value is -1.44. The van der Waals surface area contributed by atoms with Gasteiger partial charge in [-0.2, -0.15) is 0 Å². The van der Waals surface area contributed by atoms with E-state index in [1.807, 2.05) is 6.92 Å². The lowest BCUT2D eigenvalue weighted by Crippen LogP contribution is -2.13. The second-order valence-corrected chi connectivity index (χ2v) is 3.86. The number of rotatable bonds is 13. The minimum atomic E-state index is -0.617. The lowest BCUT2D eigenvalue weighted by atomic mass is 10.5. The third-order valence-corrected chi connectivity index (χ3v) is 2.12. The standard InChI is InChI=1S/C14H24O7/c1-3-6-18-7-8-19-9-10-20-11-12-21-14(16)5-4-13(15)17-2/h4-5H,3,6-12H2,1-2H3/b5-4+. The van der Waals surface area contributed by atoms with Gasteiger partial charge in [0.15, 0.2) is 0 Å². The van der Waals surface area contributed by atoms with Gasteiger partial charge in [0.2, 0.25) is 0 Å². The van der Waals surface area contributed by atoms with Crippen LogP contribution in [0.2, 0.25) is 0 Å². The van der Waals surface area contributed by atoms with E-state index < -0.39 is 11.9 Å². The molecule has 0 radical (unpaired) electrons. The van der Waals surface area contributed by atoms with Gasteiger partial charge in [-0.25, -0.2) is 9.59 Å². The van der Waals surface area contributed by atoms with Gasteiger partial charge in [-0.1, -0.05) is 6.92 Å². The number of carbonyl (C=O) groups is 2. The predicted octanol–water partition coefficient (Wildman–Crippen LogP) is 0.719. The van der Waals surface area contributed by atoms with Gasteiger partial charge in [0.05, 0.1) is 40.1 Å². The molecule has 0 bridgehead atoms. The lowest BCUT2D eigenvalue weighted by molar-refractivity contribution is -0.140. The predicted molar refractivity (Wildman–Crippen MR) is 74.9 cm³/mol. The minimum absolute atomic E-state index is 0.115. The number of carbonyl (C=O) groups excluding carboxylic acids is 2. The van der Waals surface area contributed by atoms with Gasteiger partial charge in [0, 0.05) is 18.8 Å². The fraction of sp³-hybridized carbons (Fsp3) is 0.714. The van der Waals surface area contributed by atoms with Crippen LogP contribution in [-0.4, -0.2) is 65.3 Å². The summed E-state index contributed by atoms with van der Waals surface area (Å²) in [6.45, 7) is 5.18. The first-order valence-electron chi connectivity index (χ1n) is 6.86. The van der Waals surface area contributed by atoms with Crippen LogP contribution in [0.4, 0.5) is 0 Å². The van der Waals surface area contributed by atoms with E-state index in [1.165, 1.54) is 7.11 Å². The van der Waals surface area contributed by atoms with Crippen molar-refractivity contribution in [2.24, 2.45) is 0 Å². The second-order valence-electron chi connectivity index (χ2n) is 3.86. The summed E-state index contributed by atoms with van der Waals surface area (Å²) in [4.78, 5) is 21.8. The fourth-order valence-electron chi connectivity index (χ4n) is 1.14. The van der Waals surface area contributed by atoms with E-state index in [0.717, 1.165) is 25.2 Å². The van der Waals surface area contributed by atoms with Crippen molar-refractivity contribution >= 4 is 11.9 Å². The number of hydrogen-bond acceptors (Lipinski definition) is 7. The Bertz CT molecular complexity index is 302. The highest BCUT2D eigenvalue weighted by Crippen LogP contribution is 1.86. The quantitative estimate of drug-likeness (QED) is 0.282. The summed E-state index contributed by atoms with van der Waals surface area (Å²) in [5, 5.41) is 0. The number of hydrogen-bond donors (Lipinski definition) is 0. The van der Waals surface area contributed by atoms with E-state index in [-0.39, 0.29) is 13.2 Å². The molecule has 0 fully saturated rings. The first-order chi connectivity index (χ1) is 10.2. The summed E-state index contributed by atoms with van der Waals surface area (Å²) in [6, 6.07) is 0. The van der Waals surface area contributed by atoms with Crippen LogP contribution in [0.3, 0.4) is 0 Å². The summed E-state index contributed by atoms with van der Waals surface area (Å²) in [5.41, 5.74) is 0. The van der Waals surface area contributed by atoms with Crippen LogP contribution in [0, 0.1) is 0 Å². The average Bonchev–Trinajstić information content (AvgIpc) is 2.50. The lowest BCUT2D eigenvalue weighted by Gasteiger charge is -2.06. The Morgan fingerprint density at radius 2 is 1.24 bits per heavy atom. The smallest absolute Gasteiger partial charge is 0.331 e. The molecule has 0 aromatic carbocycles. The van der Waals surface area contributed by atoms with Crippen molar-refractivity contribution in [3.05, 3.63) is 12.2 Å². The minimum Gasteiger partial charge on any atom is -0.466 e. The van der Waals surface area contributed by atoms with E-state index in [0.29, 0.717) is 26.4 Å². The van der Waals surface area contributed by atoms with Gasteiger partial charge in [-0.3, -0.25) is 0 Å². The third kappa shape index (κ3) is 14.8. The highest BCUT2D eigenvalue weighted by Gasteiger charge is 1.99. The molecule has 7 heteroatoms. The summed E-state index contributed by atoms with van der Waals surface area (Å²) in [5.74, 6) is -1.23. The molecular formula is C14H24O7. The first-order valence-corrected chi connectivity index (χ1v) is 6.86. The molecule has 0 saturated heterocycles. The van der Waals surface area contributed by atoms with Crippen LogP contribution < -0.4 is 0 Å². The summed E-state index contributed by atoms with van der Waals surface area (Å²) in [6.07, 6.45) is 3.00. The van der Waals surface area contributed by atoms with Gasteiger partial charge >= 0.3 is 11.9 Å². The number of esters is 2. The number of methoxy groups -OCH3 is 1. The van der Waals surface area contributed by atoms with Crippen LogP contribution in [0.5, 0.6) is 0 Å². The Morgan fingerprint density at radius 1 is 0.762 bits per heavy atom. The molecule has 7 nitrogen and oxygen atoms in total. The SMILES string of the molecule is CCCOCCOCCOCCOC(=O)/C=C/C(=O)OC. The summed E-state index contributed by atoms with van der Waals surface area (Å²) < 4.78 is 24.8. The molecule has 0 spiro atoms. The molecule has 0 aromatic rings. The van der Waals surface area contributed by atoms with Crippen molar-refractivity contribution < 1.29 is 33.3 Å². The molecule has 0 aliphatic heterocycles. The largest absolute Gasteiger partial charge is 0.466 e. The Balaban J connectivity index is 3.27. The average molecular weight is 304 g/mol. The van der Waals surface area contributed by atoms with E-state index in [1.54, 1.807) is 0 Å². The van der Waals surface area contributed by atoms with Gasteiger partial charge in [-0.05, 0) is 6.42 Å². The van der Waals surface area contributed by atoms with E-state index in [9.17, 15) is 9.59 Å². The van der Waals surface area contributed by atoms with Crippen LogP contribution in [0.1, 0.15) is 13.3 Å². The monoisotopic (exact) mass is 304 g/mol. The highest BCUT2D eigenvalue weighted by molar-refractivity contribution is 5.91. The topological polar surface area (TPSA) is 80.3 Å². The van der Waals surface area contributed by atoms with E-state index in [2.05, 4.69) is 4.74 Å². The molecule has 0 amide bonds. The molecule has 0 aliphatic carbocycles. The molecular weight excluding hydrogens is 280 g/mol. The molecule has 0 unspecified atom stereocenters. The van der Waals surface area contributed by atoms with Crippen molar-refractivity contribution in [1.29, 1.82) is 0 Å². The first kappa shape index (κ1) is 19.6. The Kier molecular flexibility index (Phi) is 13.9. The van der Waals surface area contributed by atoms with E-state index >= 15 is 0 Å². The van der Waals surface area contributed by atoms with Crippen molar-refractivity contribution in [2.75, 3.05) is 53.4 Å². The maximum Gasteiger partial charge on any atom is 0.331 e. The zero-order chi connectivity index (χ0) is 15.8. The summed E-state index contributed by atoms with van der Waals surface area (Å²) in [7, 11) is 1.23. The second kappa shape index (κ2) is 15.0. The molecule has 0 aliphatic rings. The van der Waals surface area contributed by atoms with Crippen molar-refractivity contribution in [1.82, 2.24) is 0 Å². The number of ether oxygens (including phenoxy) is 5. The van der Waals surface area contributed by atoms with Crippen LogP contribution in [0.25, 0.3) is 0 Å². The molecule has 122 valence electrons. The van der Waals surface area contributed by atoms with Crippen LogP contribution >= 0.6 is 0 Å². The van der Waals surface area contributed by atoms with Gasteiger partial charge in [0.25, 0.3) is 0 Å². The normalized spacial score (nSPS) is 10.8. The maximum absolute atomic E-state index is 11.1. The molecule has 0 aromatic heterocycles. The van der Waals surface area contributed by atoms with Crippen molar-refractivity contribution in [3.63, 3.8) is 0 Å². The fourth-order valence-corrected chi connectivity index (χ4v) is 1.14. The molecule has 21 heavy (non-hydrogen) atoms. The van der Waals surface area contributed by atoms with Crippen LogP contribution in [0.15, 0.2) is 12.2 Å². The Morgan fingerprint density at radius 3 is 1.76 bits per heavy atom. The zero-order valence-electron chi connectivity index (χ0n) is 12.7. The zero-order valence-corrected chi connectivity index (χ0v) is 12.7. The maximum atomic E-state index is 11.1. The molecule has 0 N–H and O–H groups in total. The molecule has 0 heterocycles. The van der Waals surface area contributed by atoms with Crippen molar-refractivity contribution in [3.8, 4) is 0 Å². The van der Waals surface area contributed by atoms with E-state index in [4.69, 9.17) is 18.9 Å². The van der Waals surface area contributed by atoms with Crippen LogP contribution in [-0.2, 0) is 33.3 Å². The third-order valence-electron chi connectivity index (χ3n) is 2.12. The van der Waals surface area contributed by atoms with Gasteiger partial charge in [0.1, 0.15) is 6.61 Å². The summed E-state index contributed by atoms with van der Waals surface area (Å²) >= 11 is 0. The molecule has 0 rings (SSSR count). The highest BCUT2D eigenvalue weighted by atomic mass is 16.6. The van der Waals surface area contributed by atoms with Gasteiger partial charge < -0.3 is 23.7 Å².